The summed E-state index contributed by atoms with van der Waals surface area (Å²) < 4.78 is 17.5. The SMILES string of the molecule is CC[C@H](C)[C@@H]([C@@H](CC(=O)N1CCC[C@H]1[C@H](C)[C@@H](C)C(=O)C[C@@H](Cc1ccccc1)c1nccs1)OC)N(C)C(=O)[C@@H](CC(=O)[C@@H](NC)C(C)C)C(C)C.COC1=CC(=O)N(C(=O)[C@@H](OC(=O)[C@@H]2CCCN2C(=O)[C@@H]2CCCN2C(=O)[C@H](C(C)C)N(C)C(=O)[C@@H](CC(=O)[C@H](C(C)C)N(C)C)C(C)C)C(C)C)[C@H]1Cc1ccccc1. The number of Topliss-reactive ketones (excluding diaryl/α,β-unsaturated/α-hetero) is 3. The van der Waals surface area contributed by atoms with E-state index in [1.54, 1.807) is 69.4 Å². The Bertz CT molecular complexity index is 3650. The molecule has 5 heterocycles. The molecule has 1 N–H and O–H groups in total. The Morgan fingerprint density at radius 1 is 0.602 bits per heavy atom. The van der Waals surface area contributed by atoms with Crippen molar-refractivity contribution in [2.45, 2.75) is 261 Å². The number of hydrogen-bond acceptors (Lipinski definition) is 18. The molecule has 24 heteroatoms. The number of carbonyl (C=O) groups excluding carboxylic acids is 11. The van der Waals surface area contributed by atoms with Crippen molar-refractivity contribution in [3.8, 4) is 0 Å². The van der Waals surface area contributed by atoms with Gasteiger partial charge in [0.1, 0.15) is 35.7 Å². The molecule has 3 aromatic rings. The van der Waals surface area contributed by atoms with Crippen LogP contribution in [-0.4, -0.2) is 234 Å². The van der Waals surface area contributed by atoms with Gasteiger partial charge >= 0.3 is 5.97 Å². The lowest BCUT2D eigenvalue weighted by molar-refractivity contribution is -0.170. The summed E-state index contributed by atoms with van der Waals surface area (Å²) >= 11 is 1.60. The molecule has 4 aliphatic rings. The van der Waals surface area contributed by atoms with Gasteiger partial charge in [-0.2, -0.15) is 0 Å². The molecule has 2 aromatic carbocycles. The third kappa shape index (κ3) is 24.1. The molecule has 16 atom stereocenters. The molecule has 4 aliphatic heterocycles. The minimum absolute atomic E-state index is 0.00544. The van der Waals surface area contributed by atoms with Crippen LogP contribution in [-0.2, 0) is 79.8 Å². The van der Waals surface area contributed by atoms with E-state index in [4.69, 9.17) is 14.2 Å². The van der Waals surface area contributed by atoms with Gasteiger partial charge in [-0.3, -0.25) is 57.7 Å². The van der Waals surface area contributed by atoms with Gasteiger partial charge in [-0.25, -0.2) is 9.78 Å². The van der Waals surface area contributed by atoms with E-state index in [1.165, 1.54) is 28.5 Å². The lowest BCUT2D eigenvalue weighted by Crippen LogP contribution is -2.58. The Labute approximate surface area is 679 Å². The van der Waals surface area contributed by atoms with E-state index in [0.29, 0.717) is 57.4 Å². The molecule has 0 bridgehead atoms. The smallest absolute Gasteiger partial charge is 0.329 e. The summed E-state index contributed by atoms with van der Waals surface area (Å²) in [6, 6.07) is 15.1. The van der Waals surface area contributed by atoms with Crippen LogP contribution in [0.4, 0.5) is 0 Å². The first-order valence-corrected chi connectivity index (χ1v) is 42.5. The van der Waals surface area contributed by atoms with Crippen molar-refractivity contribution in [1.82, 2.24) is 44.6 Å². The molecule has 113 heavy (non-hydrogen) atoms. The average Bonchev–Trinajstić information content (AvgIpc) is 1.68. The van der Waals surface area contributed by atoms with Gasteiger partial charge in [0.05, 0.1) is 42.8 Å². The molecule has 0 spiro atoms. The summed E-state index contributed by atoms with van der Waals surface area (Å²) in [6.07, 6.45) is 7.39. The zero-order valence-corrected chi connectivity index (χ0v) is 73.0. The van der Waals surface area contributed by atoms with Crippen LogP contribution in [0, 0.1) is 65.1 Å². The molecule has 7 rings (SSSR count). The second-order valence-electron chi connectivity index (χ2n) is 34.5. The summed E-state index contributed by atoms with van der Waals surface area (Å²) in [6.45, 7) is 32.5. The van der Waals surface area contributed by atoms with Crippen molar-refractivity contribution in [3.05, 3.63) is 100 Å². The van der Waals surface area contributed by atoms with E-state index >= 15 is 0 Å². The number of methoxy groups -OCH3 is 2. The second-order valence-corrected chi connectivity index (χ2v) is 35.4. The van der Waals surface area contributed by atoms with E-state index in [9.17, 15) is 52.7 Å². The highest BCUT2D eigenvalue weighted by Gasteiger charge is 2.50. The van der Waals surface area contributed by atoms with Gasteiger partial charge in [-0.1, -0.05) is 178 Å². The predicted molar refractivity (Wildman–Crippen MR) is 441 cm³/mol. The number of amides is 7. The van der Waals surface area contributed by atoms with Crippen LogP contribution in [0.2, 0.25) is 0 Å². The zero-order chi connectivity index (χ0) is 84.2. The maximum Gasteiger partial charge on any atom is 0.329 e. The Balaban J connectivity index is 0.000000355. The highest BCUT2D eigenvalue weighted by Crippen LogP contribution is 2.37. The molecule has 23 nitrogen and oxygen atoms in total. The second kappa shape index (κ2) is 44.0. The van der Waals surface area contributed by atoms with Crippen LogP contribution < -0.4 is 5.32 Å². The summed E-state index contributed by atoms with van der Waals surface area (Å²) in [5.74, 6) is -4.68. The average molecular weight is 1590 g/mol. The molecule has 3 fully saturated rings. The van der Waals surface area contributed by atoms with Crippen molar-refractivity contribution >= 4 is 76.0 Å². The number of ketones is 3. The fraction of sp³-hybridized carbons (Fsp3) is 0.685. The maximum absolute atomic E-state index is 14.5. The van der Waals surface area contributed by atoms with Gasteiger partial charge in [-0.05, 0) is 125 Å². The number of likely N-dealkylation sites (tertiary alicyclic amines) is 3. The van der Waals surface area contributed by atoms with Crippen LogP contribution in [0.1, 0.15) is 203 Å². The molecule has 0 radical (unpaired) electrons. The number of ether oxygens (including phenoxy) is 3. The van der Waals surface area contributed by atoms with Crippen LogP contribution >= 0.6 is 11.3 Å². The largest absolute Gasteiger partial charge is 0.499 e. The van der Waals surface area contributed by atoms with Gasteiger partial charge in [-0.15, -0.1) is 11.3 Å². The highest BCUT2D eigenvalue weighted by molar-refractivity contribution is 7.09. The van der Waals surface area contributed by atoms with Crippen LogP contribution in [0.15, 0.2) is 84.1 Å². The Hall–Kier alpha value is -7.54. The standard InChI is InChI=1S/C46H69N5O9.C43H68N4O5S/c1-27(2)32(25-36(52)39(28(3)4)47(9)10)42(54)48(11)40(29(5)6)44(56)49-22-16-20-33(49)43(55)50-23-17-21-34(50)46(58)60-41(30(7)8)45(57)51-35(37(59-12)26-38(51)53)24-31-18-14-13-15-19-31;1-12-29(6)41(46(10)43(51)34(27(2)3)25-37(49)40(44-9)28(4)5)38(52-11)26-39(50)47-21-16-19-35(47)30(7)31(8)36(48)24-33(42-45-20-22-53-42)23-32-17-14-13-15-18-32/h13-15,18-19,26-30,32-35,39-41H,16-17,20-25H2,1-12H3;13-15,17-18,20,22,27-31,33-35,38,40-41,44H,12,16,19,21,23-26H2,1-11H3/t32-,33-,34-,35-,39-,40-,41-;29-,30+,31+,33+,34-,35-,38+,40-,41-/m00/s1. The number of nitrogens with one attached hydrogen (secondary N) is 1. The number of imide groups is 1. The minimum atomic E-state index is -1.31. The number of hydrogen-bond donors (Lipinski definition) is 1. The summed E-state index contributed by atoms with van der Waals surface area (Å²) in [5, 5.41) is 6.08. The highest BCUT2D eigenvalue weighted by atomic mass is 32.1. The lowest BCUT2D eigenvalue weighted by atomic mass is 9.81. The number of likely N-dealkylation sites (N-methyl/N-ethyl adjacent to an activating group) is 4. The molecule has 0 aliphatic carbocycles. The molecule has 0 saturated carbocycles. The molecule has 3 saturated heterocycles. The van der Waals surface area contributed by atoms with E-state index in [2.05, 4.69) is 43.2 Å². The quantitative estimate of drug-likeness (QED) is 0.0519. The van der Waals surface area contributed by atoms with Gasteiger partial charge in [0.2, 0.25) is 29.5 Å². The van der Waals surface area contributed by atoms with E-state index < -0.39 is 71.9 Å². The zero-order valence-electron chi connectivity index (χ0n) is 72.2. The van der Waals surface area contributed by atoms with Gasteiger partial charge in [0, 0.05) is 114 Å². The van der Waals surface area contributed by atoms with Crippen molar-refractivity contribution in [2.24, 2.45) is 65.1 Å². The maximum atomic E-state index is 14.5. The molecule has 0 unspecified atom stereocenters. The van der Waals surface area contributed by atoms with Gasteiger partial charge < -0.3 is 44.0 Å². The number of aromatic nitrogens is 1. The van der Waals surface area contributed by atoms with E-state index in [-0.39, 0.29) is 150 Å². The summed E-state index contributed by atoms with van der Waals surface area (Å²) in [5.41, 5.74) is 2.08. The third-order valence-electron chi connectivity index (χ3n) is 24.4. The van der Waals surface area contributed by atoms with Crippen LogP contribution in [0.3, 0.4) is 0 Å². The monoisotopic (exact) mass is 1590 g/mol. The molecular formula is C89H137N9O14S. The van der Waals surface area contributed by atoms with E-state index in [1.807, 2.05) is 154 Å². The van der Waals surface area contributed by atoms with Crippen LogP contribution in [0.25, 0.3) is 0 Å². The van der Waals surface area contributed by atoms with Crippen molar-refractivity contribution in [3.63, 3.8) is 0 Å². The third-order valence-corrected chi connectivity index (χ3v) is 25.3. The van der Waals surface area contributed by atoms with Crippen molar-refractivity contribution in [2.75, 3.05) is 69.1 Å². The van der Waals surface area contributed by atoms with Gasteiger partial charge in [0.25, 0.3) is 11.8 Å². The number of thiazole rings is 1. The fourth-order valence-corrected chi connectivity index (χ4v) is 18.4. The topological polar surface area (TPSA) is 263 Å². The molecule has 1 aromatic heterocycles. The molecular weight excluding hydrogens is 1450 g/mol. The molecule has 628 valence electrons. The number of carbonyl (C=O) groups is 11. The first kappa shape index (κ1) is 94.3. The number of nitrogens with zero attached hydrogens (tertiary/aromatic N) is 8. The predicted octanol–water partition coefficient (Wildman–Crippen LogP) is 11.8. The van der Waals surface area contributed by atoms with Gasteiger partial charge in [0.15, 0.2) is 17.7 Å². The van der Waals surface area contributed by atoms with Crippen LogP contribution in [0.5, 0.6) is 0 Å². The Morgan fingerprint density at radius 3 is 1.66 bits per heavy atom. The Kier molecular flexibility index (Phi) is 36.7. The van der Waals surface area contributed by atoms with E-state index in [0.717, 1.165) is 41.2 Å². The molecule has 7 amide bonds. The van der Waals surface area contributed by atoms with Crippen molar-refractivity contribution < 1.29 is 67.0 Å². The summed E-state index contributed by atoms with van der Waals surface area (Å²) in [4.78, 5) is 170. The number of esters is 1. The Morgan fingerprint density at radius 2 is 1.15 bits per heavy atom. The first-order chi connectivity index (χ1) is 53.4. The summed E-state index contributed by atoms with van der Waals surface area (Å²) in [7, 11) is 12.0. The fourth-order valence-electron chi connectivity index (χ4n) is 17.7. The normalized spacial score (nSPS) is 20.5. The van der Waals surface area contributed by atoms with Crippen molar-refractivity contribution in [1.29, 1.82) is 0 Å². The number of rotatable bonds is 40. The first-order valence-electron chi connectivity index (χ1n) is 41.6. The number of benzene rings is 2. The lowest BCUT2D eigenvalue weighted by Gasteiger charge is -2.40. The minimum Gasteiger partial charge on any atom is -0.499 e.